The molecule has 3 aromatic rings. The van der Waals surface area contributed by atoms with Gasteiger partial charge in [0, 0.05) is 12.1 Å². The Labute approximate surface area is 144 Å². The second-order valence-electron chi connectivity index (χ2n) is 5.84. The Morgan fingerprint density at radius 3 is 2.81 bits per heavy atom. The van der Waals surface area contributed by atoms with Crippen LogP contribution in [-0.2, 0) is 11.0 Å². The molecule has 3 heterocycles. The molecule has 10 heteroatoms. The first-order valence-corrected chi connectivity index (χ1v) is 7.63. The van der Waals surface area contributed by atoms with Gasteiger partial charge in [0.15, 0.2) is 5.65 Å². The summed E-state index contributed by atoms with van der Waals surface area (Å²) in [6.45, 7) is 1.90. The third-order valence-corrected chi connectivity index (χ3v) is 3.93. The van der Waals surface area contributed by atoms with Gasteiger partial charge < -0.3 is 9.47 Å². The van der Waals surface area contributed by atoms with E-state index in [0.29, 0.717) is 16.7 Å². The molecule has 1 atom stereocenters. The molecule has 0 bridgehead atoms. The van der Waals surface area contributed by atoms with Gasteiger partial charge in [0.1, 0.15) is 11.5 Å². The molecule has 7 nitrogen and oxygen atoms in total. The van der Waals surface area contributed by atoms with Crippen molar-refractivity contribution in [1.82, 2.24) is 19.8 Å². The smallest absolute Gasteiger partial charge is 0.437 e. The highest BCUT2D eigenvalue weighted by molar-refractivity contribution is 5.76. The van der Waals surface area contributed by atoms with E-state index in [9.17, 15) is 18.0 Å². The highest BCUT2D eigenvalue weighted by Crippen LogP contribution is 2.37. The van der Waals surface area contributed by atoms with Crippen LogP contribution in [0.25, 0.3) is 5.65 Å². The Morgan fingerprint density at radius 1 is 1.23 bits per heavy atom. The minimum atomic E-state index is -4.69. The Kier molecular flexibility index (Phi) is 3.56. The summed E-state index contributed by atoms with van der Waals surface area (Å²) in [5.41, 5.74) is 0.802. The predicted octanol–water partition coefficient (Wildman–Crippen LogP) is 3.35. The number of hydrogen-bond donors (Lipinski definition) is 0. The highest BCUT2D eigenvalue weighted by atomic mass is 19.4. The zero-order valence-corrected chi connectivity index (χ0v) is 13.3. The number of fused-ring (bicyclic) bond motifs is 2. The normalized spacial score (nSPS) is 17.1. The van der Waals surface area contributed by atoms with Gasteiger partial charge in [-0.2, -0.15) is 17.7 Å². The van der Waals surface area contributed by atoms with E-state index >= 15 is 0 Å². The standard InChI is InChI=1S/C16H11F3N4O3/c1-8-6-14(24)26-11-7-9(2-3-10(8)11)25-13-5-4-12-20-21-15(16(17,18)19)23(12)22-13/h2-5,7-8H,6H2,1H3. The van der Waals surface area contributed by atoms with Crippen LogP contribution in [0.4, 0.5) is 13.2 Å². The number of ether oxygens (including phenoxy) is 2. The van der Waals surface area contributed by atoms with Crippen LogP contribution in [0.2, 0.25) is 0 Å². The molecular formula is C16H11F3N4O3. The lowest BCUT2D eigenvalue weighted by Gasteiger charge is -2.21. The van der Waals surface area contributed by atoms with Gasteiger partial charge in [-0.25, -0.2) is 0 Å². The third-order valence-electron chi connectivity index (χ3n) is 3.93. The molecule has 1 unspecified atom stereocenters. The van der Waals surface area contributed by atoms with Gasteiger partial charge in [0.2, 0.25) is 5.88 Å². The van der Waals surface area contributed by atoms with Crippen LogP contribution in [0.15, 0.2) is 30.3 Å². The summed E-state index contributed by atoms with van der Waals surface area (Å²) in [7, 11) is 0. The maximum absolute atomic E-state index is 12.9. The molecule has 26 heavy (non-hydrogen) atoms. The van der Waals surface area contributed by atoms with Gasteiger partial charge in [-0.1, -0.05) is 13.0 Å². The van der Waals surface area contributed by atoms with Crippen LogP contribution >= 0.6 is 0 Å². The quantitative estimate of drug-likeness (QED) is 0.513. The number of alkyl halides is 3. The topological polar surface area (TPSA) is 78.6 Å². The molecule has 0 N–H and O–H groups in total. The number of hydrogen-bond acceptors (Lipinski definition) is 6. The summed E-state index contributed by atoms with van der Waals surface area (Å²) in [4.78, 5) is 11.6. The molecule has 0 saturated carbocycles. The number of esters is 1. The predicted molar refractivity (Wildman–Crippen MR) is 81.0 cm³/mol. The van der Waals surface area contributed by atoms with Crippen LogP contribution in [-0.4, -0.2) is 25.8 Å². The molecule has 0 aliphatic carbocycles. The summed E-state index contributed by atoms with van der Waals surface area (Å²) in [6, 6.07) is 7.58. The minimum Gasteiger partial charge on any atom is -0.437 e. The van der Waals surface area contributed by atoms with E-state index in [1.807, 2.05) is 6.92 Å². The number of benzene rings is 1. The van der Waals surface area contributed by atoms with E-state index in [4.69, 9.17) is 9.47 Å². The van der Waals surface area contributed by atoms with E-state index < -0.39 is 12.0 Å². The summed E-state index contributed by atoms with van der Waals surface area (Å²) < 4.78 is 50.0. The van der Waals surface area contributed by atoms with Crippen molar-refractivity contribution in [3.05, 3.63) is 41.7 Å². The summed E-state index contributed by atoms with van der Waals surface area (Å²) in [5.74, 6) is -1.02. The average Bonchev–Trinajstić information content (AvgIpc) is 2.97. The summed E-state index contributed by atoms with van der Waals surface area (Å²) in [6.07, 6.45) is -4.40. The molecule has 1 aliphatic heterocycles. The Balaban J connectivity index is 1.67. The summed E-state index contributed by atoms with van der Waals surface area (Å²) in [5, 5.41) is 10.3. The molecule has 0 saturated heterocycles. The molecule has 1 aliphatic rings. The van der Waals surface area contributed by atoms with Gasteiger partial charge in [0.05, 0.1) is 6.42 Å². The van der Waals surface area contributed by atoms with Gasteiger partial charge in [0.25, 0.3) is 5.82 Å². The molecule has 4 rings (SSSR count). The monoisotopic (exact) mass is 364 g/mol. The van der Waals surface area contributed by atoms with Crippen molar-refractivity contribution in [2.45, 2.75) is 25.4 Å². The van der Waals surface area contributed by atoms with Crippen molar-refractivity contribution >= 4 is 11.6 Å². The number of halogens is 3. The third kappa shape index (κ3) is 2.83. The highest BCUT2D eigenvalue weighted by Gasteiger charge is 2.37. The van der Waals surface area contributed by atoms with Crippen molar-refractivity contribution < 1.29 is 27.4 Å². The molecule has 0 radical (unpaired) electrons. The van der Waals surface area contributed by atoms with Crippen LogP contribution in [0, 0.1) is 0 Å². The Morgan fingerprint density at radius 2 is 2.04 bits per heavy atom. The zero-order chi connectivity index (χ0) is 18.5. The molecule has 2 aromatic heterocycles. The molecule has 0 spiro atoms. The van der Waals surface area contributed by atoms with Crippen LogP contribution < -0.4 is 9.47 Å². The van der Waals surface area contributed by atoms with Gasteiger partial charge in [-0.3, -0.25) is 4.79 Å². The van der Waals surface area contributed by atoms with Gasteiger partial charge >= 0.3 is 12.1 Å². The zero-order valence-electron chi connectivity index (χ0n) is 13.3. The van der Waals surface area contributed by atoms with E-state index in [2.05, 4.69) is 15.3 Å². The molecule has 1 aromatic carbocycles. The lowest BCUT2D eigenvalue weighted by atomic mass is 9.95. The molecule has 0 fully saturated rings. The lowest BCUT2D eigenvalue weighted by molar-refractivity contribution is -0.146. The number of aromatic nitrogens is 4. The first-order chi connectivity index (χ1) is 12.3. The van der Waals surface area contributed by atoms with Crippen molar-refractivity contribution in [1.29, 1.82) is 0 Å². The summed E-state index contributed by atoms with van der Waals surface area (Å²) >= 11 is 0. The van der Waals surface area contributed by atoms with Crippen molar-refractivity contribution in [2.24, 2.45) is 0 Å². The van der Waals surface area contributed by atoms with Crippen LogP contribution in [0.5, 0.6) is 17.4 Å². The van der Waals surface area contributed by atoms with Crippen LogP contribution in [0.1, 0.15) is 30.7 Å². The molecular weight excluding hydrogens is 353 g/mol. The largest absolute Gasteiger partial charge is 0.453 e. The van der Waals surface area contributed by atoms with Crippen molar-refractivity contribution in [3.8, 4) is 17.4 Å². The van der Waals surface area contributed by atoms with Crippen molar-refractivity contribution in [2.75, 3.05) is 0 Å². The molecule has 134 valence electrons. The van der Waals surface area contributed by atoms with E-state index in [-0.39, 0.29) is 29.2 Å². The number of carbonyl (C=O) groups excluding carboxylic acids is 1. The van der Waals surface area contributed by atoms with E-state index in [0.717, 1.165) is 5.56 Å². The average molecular weight is 364 g/mol. The van der Waals surface area contributed by atoms with Crippen molar-refractivity contribution in [3.63, 3.8) is 0 Å². The van der Waals surface area contributed by atoms with Crippen LogP contribution in [0.3, 0.4) is 0 Å². The molecule has 0 amide bonds. The lowest BCUT2D eigenvalue weighted by Crippen LogP contribution is -2.18. The number of nitrogens with zero attached hydrogens (tertiary/aromatic N) is 4. The maximum Gasteiger partial charge on any atom is 0.453 e. The second-order valence-corrected chi connectivity index (χ2v) is 5.84. The first kappa shape index (κ1) is 16.3. The fourth-order valence-corrected chi connectivity index (χ4v) is 2.72. The first-order valence-electron chi connectivity index (χ1n) is 7.63. The maximum atomic E-state index is 12.9. The number of carbonyl (C=O) groups is 1. The van der Waals surface area contributed by atoms with Gasteiger partial charge in [-0.15, -0.1) is 15.3 Å². The van der Waals surface area contributed by atoms with Gasteiger partial charge in [-0.05, 0) is 23.6 Å². The Bertz CT molecular complexity index is 1020. The fraction of sp³-hybridized carbons (Fsp3) is 0.250. The van der Waals surface area contributed by atoms with E-state index in [1.54, 1.807) is 12.1 Å². The Hall–Kier alpha value is -3.17. The second kappa shape index (κ2) is 5.68. The van der Waals surface area contributed by atoms with E-state index in [1.165, 1.54) is 18.2 Å². The SMILES string of the molecule is CC1CC(=O)Oc2cc(Oc3ccc4nnc(C(F)(F)F)n4n3)ccc21. The minimum absolute atomic E-state index is 0.0149. The number of rotatable bonds is 2. The fourth-order valence-electron chi connectivity index (χ4n) is 2.72.